The highest BCUT2D eigenvalue weighted by Gasteiger charge is 2.29. The molecule has 144 valence electrons. The highest BCUT2D eigenvalue weighted by molar-refractivity contribution is 6.42. The molecule has 0 aliphatic carbocycles. The third-order valence-corrected chi connectivity index (χ3v) is 4.75. The zero-order chi connectivity index (χ0) is 20.6. The number of hydrazone groups is 1. The van der Waals surface area contributed by atoms with Crippen LogP contribution in [0, 0.1) is 10.1 Å². The molecule has 1 aliphatic heterocycles. The van der Waals surface area contributed by atoms with Crippen LogP contribution >= 0.6 is 23.2 Å². The highest BCUT2D eigenvalue weighted by Crippen LogP contribution is 2.38. The highest BCUT2D eigenvalue weighted by atomic mass is 35.5. The van der Waals surface area contributed by atoms with Crippen molar-refractivity contribution in [2.45, 2.75) is 6.92 Å². The van der Waals surface area contributed by atoms with E-state index in [1.807, 2.05) is 0 Å². The van der Waals surface area contributed by atoms with Crippen molar-refractivity contribution in [3.8, 4) is 11.5 Å². The summed E-state index contributed by atoms with van der Waals surface area (Å²) in [5.41, 5.74) is 0.832. The van der Waals surface area contributed by atoms with Crippen LogP contribution in [0.15, 0.2) is 41.0 Å². The Morgan fingerprint density at radius 2 is 1.96 bits per heavy atom. The molecule has 0 fully saturated rings. The number of ether oxygens (including phenoxy) is 1. The molecule has 1 aliphatic rings. The Hall–Kier alpha value is -3.10. The van der Waals surface area contributed by atoms with Crippen LogP contribution in [0.25, 0.3) is 6.08 Å². The van der Waals surface area contributed by atoms with Crippen LogP contribution in [0.2, 0.25) is 10.0 Å². The van der Waals surface area contributed by atoms with E-state index in [1.54, 1.807) is 19.1 Å². The molecule has 0 atom stereocenters. The number of rotatable bonds is 4. The SMILES string of the molecule is COc1cc(/C=C2/C(=O)N(c3ccc(Cl)c(Cl)c3)N=C2C)cc([N+](=O)[O-])c1O. The van der Waals surface area contributed by atoms with Crippen LogP contribution in [0.3, 0.4) is 0 Å². The number of nitro groups is 1. The number of methoxy groups -OCH3 is 1. The van der Waals surface area contributed by atoms with Crippen molar-refractivity contribution in [2.75, 3.05) is 12.1 Å². The fourth-order valence-electron chi connectivity index (χ4n) is 2.63. The third-order valence-electron chi connectivity index (χ3n) is 4.02. The number of aromatic hydroxyl groups is 1. The summed E-state index contributed by atoms with van der Waals surface area (Å²) in [5, 5.41) is 27.0. The number of anilines is 1. The van der Waals surface area contributed by atoms with Gasteiger partial charge in [0.1, 0.15) is 0 Å². The van der Waals surface area contributed by atoms with Gasteiger partial charge < -0.3 is 9.84 Å². The lowest BCUT2D eigenvalue weighted by Crippen LogP contribution is -2.21. The Kier molecular flexibility index (Phi) is 5.26. The molecule has 3 rings (SSSR count). The summed E-state index contributed by atoms with van der Waals surface area (Å²) in [6.07, 6.45) is 1.44. The zero-order valence-electron chi connectivity index (χ0n) is 14.6. The number of benzene rings is 2. The molecule has 0 unspecified atom stereocenters. The second kappa shape index (κ2) is 7.49. The van der Waals surface area contributed by atoms with Crippen LogP contribution in [-0.4, -0.2) is 28.8 Å². The number of hydrogen-bond acceptors (Lipinski definition) is 6. The Balaban J connectivity index is 2.03. The van der Waals surface area contributed by atoms with Crippen LogP contribution in [-0.2, 0) is 4.79 Å². The Morgan fingerprint density at radius 1 is 1.25 bits per heavy atom. The van der Waals surface area contributed by atoms with Crippen molar-refractivity contribution in [1.82, 2.24) is 0 Å². The number of carbonyl (C=O) groups excluding carboxylic acids is 1. The van der Waals surface area contributed by atoms with Gasteiger partial charge in [0, 0.05) is 6.07 Å². The fourth-order valence-corrected chi connectivity index (χ4v) is 2.93. The van der Waals surface area contributed by atoms with E-state index in [2.05, 4.69) is 5.10 Å². The van der Waals surface area contributed by atoms with Crippen molar-refractivity contribution in [3.05, 3.63) is 61.6 Å². The van der Waals surface area contributed by atoms with Gasteiger partial charge in [-0.2, -0.15) is 10.1 Å². The van der Waals surface area contributed by atoms with Gasteiger partial charge in [-0.15, -0.1) is 0 Å². The van der Waals surface area contributed by atoms with E-state index < -0.39 is 22.3 Å². The molecule has 28 heavy (non-hydrogen) atoms. The van der Waals surface area contributed by atoms with Crippen molar-refractivity contribution >= 4 is 52.3 Å². The minimum Gasteiger partial charge on any atom is -0.500 e. The summed E-state index contributed by atoms with van der Waals surface area (Å²) < 4.78 is 4.97. The Morgan fingerprint density at radius 3 is 2.57 bits per heavy atom. The molecular formula is C18H13Cl2N3O5. The number of phenols is 1. The molecule has 0 radical (unpaired) electrons. The van der Waals surface area contributed by atoms with Gasteiger partial charge in [0.2, 0.25) is 5.75 Å². The van der Waals surface area contributed by atoms with Gasteiger partial charge in [0.05, 0.1) is 39.1 Å². The maximum absolute atomic E-state index is 12.8. The lowest BCUT2D eigenvalue weighted by Gasteiger charge is -2.12. The molecule has 0 saturated carbocycles. The van der Waals surface area contributed by atoms with E-state index in [1.165, 1.54) is 25.3 Å². The van der Waals surface area contributed by atoms with E-state index in [0.29, 0.717) is 22.0 Å². The van der Waals surface area contributed by atoms with E-state index >= 15 is 0 Å². The van der Waals surface area contributed by atoms with Crippen molar-refractivity contribution in [3.63, 3.8) is 0 Å². The van der Waals surface area contributed by atoms with Crippen molar-refractivity contribution in [2.24, 2.45) is 5.10 Å². The van der Waals surface area contributed by atoms with E-state index in [-0.39, 0.29) is 16.3 Å². The van der Waals surface area contributed by atoms with E-state index in [0.717, 1.165) is 11.1 Å². The Bertz CT molecular complexity index is 1070. The third kappa shape index (κ3) is 3.51. The van der Waals surface area contributed by atoms with Gasteiger partial charge in [0.25, 0.3) is 5.91 Å². The first-order chi connectivity index (χ1) is 13.2. The number of halogens is 2. The van der Waals surface area contributed by atoms with Gasteiger partial charge in [-0.3, -0.25) is 14.9 Å². The maximum atomic E-state index is 12.8. The summed E-state index contributed by atoms with van der Waals surface area (Å²) in [7, 11) is 1.27. The number of phenolic OH excluding ortho intramolecular Hbond substituents is 1. The monoisotopic (exact) mass is 421 g/mol. The largest absolute Gasteiger partial charge is 0.500 e. The van der Waals surface area contributed by atoms with Crippen LogP contribution in [0.1, 0.15) is 12.5 Å². The first-order valence-electron chi connectivity index (χ1n) is 7.85. The smallest absolute Gasteiger partial charge is 0.315 e. The topological polar surface area (TPSA) is 105 Å². The first-order valence-corrected chi connectivity index (χ1v) is 8.60. The Labute approximate surface area is 169 Å². The molecule has 8 nitrogen and oxygen atoms in total. The average molecular weight is 422 g/mol. The summed E-state index contributed by atoms with van der Waals surface area (Å²) >= 11 is 11.9. The second-order valence-corrected chi connectivity index (χ2v) is 6.62. The molecule has 0 saturated heterocycles. The average Bonchev–Trinajstić information content (AvgIpc) is 2.93. The van der Waals surface area contributed by atoms with Gasteiger partial charge in [-0.05, 0) is 42.8 Å². The molecule has 1 heterocycles. The number of hydrogen-bond donors (Lipinski definition) is 1. The summed E-state index contributed by atoms with van der Waals surface area (Å²) in [6.45, 7) is 1.63. The standard InChI is InChI=1S/C18H13Cl2N3O5/c1-9-12(5-10-6-15(23(26)27)17(24)16(7-10)28-2)18(25)22(21-9)11-3-4-13(19)14(20)8-11/h3-8,24H,1-2H3/b12-5+. The van der Waals surface area contributed by atoms with E-state index in [9.17, 15) is 20.0 Å². The number of nitrogens with zero attached hydrogens (tertiary/aromatic N) is 3. The minimum absolute atomic E-state index is 0.0811. The number of carbonyl (C=O) groups is 1. The van der Waals surface area contributed by atoms with Gasteiger partial charge in [-0.1, -0.05) is 23.2 Å². The van der Waals surface area contributed by atoms with Gasteiger partial charge in [-0.25, -0.2) is 0 Å². The molecule has 0 bridgehead atoms. The van der Waals surface area contributed by atoms with Gasteiger partial charge >= 0.3 is 5.69 Å². The summed E-state index contributed by atoms with van der Waals surface area (Å²) in [6, 6.07) is 7.19. The van der Waals surface area contributed by atoms with Crippen molar-refractivity contribution < 1.29 is 19.6 Å². The van der Waals surface area contributed by atoms with Crippen LogP contribution < -0.4 is 9.75 Å². The van der Waals surface area contributed by atoms with E-state index in [4.69, 9.17) is 27.9 Å². The molecule has 2 aromatic carbocycles. The molecule has 0 aromatic heterocycles. The first kappa shape index (κ1) is 19.7. The summed E-state index contributed by atoms with van der Waals surface area (Å²) in [5.74, 6) is -1.11. The molecule has 2 aromatic rings. The molecule has 0 spiro atoms. The fraction of sp³-hybridized carbons (Fsp3) is 0.111. The predicted molar refractivity (Wildman–Crippen MR) is 106 cm³/mol. The zero-order valence-corrected chi connectivity index (χ0v) is 16.2. The molecular weight excluding hydrogens is 409 g/mol. The summed E-state index contributed by atoms with van der Waals surface area (Å²) in [4.78, 5) is 23.2. The maximum Gasteiger partial charge on any atom is 0.315 e. The van der Waals surface area contributed by atoms with Crippen molar-refractivity contribution in [1.29, 1.82) is 0 Å². The second-order valence-electron chi connectivity index (χ2n) is 5.81. The van der Waals surface area contributed by atoms with Gasteiger partial charge in [0.15, 0.2) is 5.75 Å². The molecule has 10 heteroatoms. The van der Waals surface area contributed by atoms with Crippen LogP contribution in [0.5, 0.6) is 11.5 Å². The molecule has 1 N–H and O–H groups in total. The predicted octanol–water partition coefficient (Wildman–Crippen LogP) is 4.42. The number of amides is 1. The normalized spacial score (nSPS) is 15.1. The molecule has 1 amide bonds. The van der Waals surface area contributed by atoms with Crippen LogP contribution in [0.4, 0.5) is 11.4 Å². The lowest BCUT2D eigenvalue weighted by atomic mass is 10.1. The quantitative estimate of drug-likeness (QED) is 0.446. The number of nitro benzene ring substituents is 1. The minimum atomic E-state index is -0.737. The lowest BCUT2D eigenvalue weighted by molar-refractivity contribution is -0.386.